The topological polar surface area (TPSA) is 34.2 Å². The Morgan fingerprint density at radius 2 is 1.45 bits per heavy atom. The SMILES string of the molecule is CC/C(=C(/c1ccccc1)c1ccc(OC)cc1)c1c[nH]c2ccc(OC)cc12. The maximum atomic E-state index is 5.47. The van der Waals surface area contributed by atoms with Crippen LogP contribution >= 0.6 is 0 Å². The van der Waals surface area contributed by atoms with Crippen LogP contribution < -0.4 is 9.47 Å². The van der Waals surface area contributed by atoms with Gasteiger partial charge in [0.15, 0.2) is 0 Å². The number of aromatic amines is 1. The molecule has 1 aromatic heterocycles. The zero-order valence-corrected chi connectivity index (χ0v) is 17.0. The molecule has 0 amide bonds. The number of nitrogens with one attached hydrogen (secondary N) is 1. The summed E-state index contributed by atoms with van der Waals surface area (Å²) in [7, 11) is 3.40. The van der Waals surface area contributed by atoms with Gasteiger partial charge in [-0.2, -0.15) is 0 Å². The van der Waals surface area contributed by atoms with E-state index < -0.39 is 0 Å². The molecular weight excluding hydrogens is 358 g/mol. The number of H-pyrrole nitrogens is 1. The molecule has 4 aromatic rings. The molecule has 4 rings (SSSR count). The van der Waals surface area contributed by atoms with Crippen molar-refractivity contribution in [3.63, 3.8) is 0 Å². The fourth-order valence-electron chi connectivity index (χ4n) is 3.86. The number of allylic oxidation sites excluding steroid dienone is 1. The van der Waals surface area contributed by atoms with Crippen molar-refractivity contribution in [2.45, 2.75) is 13.3 Å². The van der Waals surface area contributed by atoms with Gasteiger partial charge in [0.2, 0.25) is 0 Å². The first kappa shape index (κ1) is 18.9. The second-order valence-electron chi connectivity index (χ2n) is 6.92. The van der Waals surface area contributed by atoms with Crippen molar-refractivity contribution < 1.29 is 9.47 Å². The highest BCUT2D eigenvalue weighted by Crippen LogP contribution is 2.38. The molecule has 0 fully saturated rings. The lowest BCUT2D eigenvalue weighted by Crippen LogP contribution is -1.95. The third-order valence-corrected chi connectivity index (χ3v) is 5.31. The number of rotatable bonds is 6. The van der Waals surface area contributed by atoms with Gasteiger partial charge in [0.25, 0.3) is 0 Å². The van der Waals surface area contributed by atoms with Crippen molar-refractivity contribution in [3.8, 4) is 11.5 Å². The minimum absolute atomic E-state index is 0.857. The summed E-state index contributed by atoms with van der Waals surface area (Å²) in [5, 5.41) is 1.17. The largest absolute Gasteiger partial charge is 0.497 e. The minimum Gasteiger partial charge on any atom is -0.497 e. The van der Waals surface area contributed by atoms with E-state index in [0.717, 1.165) is 23.4 Å². The fourth-order valence-corrected chi connectivity index (χ4v) is 3.86. The summed E-state index contributed by atoms with van der Waals surface area (Å²) in [6, 6.07) is 25.0. The van der Waals surface area contributed by atoms with Crippen LogP contribution in [0.3, 0.4) is 0 Å². The van der Waals surface area contributed by atoms with Gasteiger partial charge < -0.3 is 14.5 Å². The van der Waals surface area contributed by atoms with E-state index in [2.05, 4.69) is 72.7 Å². The molecule has 0 aliphatic rings. The van der Waals surface area contributed by atoms with Gasteiger partial charge in [0.1, 0.15) is 11.5 Å². The lowest BCUT2D eigenvalue weighted by atomic mass is 9.88. The molecule has 0 radical (unpaired) electrons. The van der Waals surface area contributed by atoms with Crippen molar-refractivity contribution in [1.29, 1.82) is 0 Å². The molecule has 0 aliphatic carbocycles. The third kappa shape index (κ3) is 3.64. The van der Waals surface area contributed by atoms with Crippen LogP contribution in [0.2, 0.25) is 0 Å². The normalized spacial score (nSPS) is 12.0. The quantitative estimate of drug-likeness (QED) is 0.409. The summed E-state index contributed by atoms with van der Waals surface area (Å²) in [5.74, 6) is 1.72. The molecule has 0 atom stereocenters. The predicted molar refractivity (Wildman–Crippen MR) is 120 cm³/mol. The van der Waals surface area contributed by atoms with Crippen molar-refractivity contribution in [1.82, 2.24) is 4.98 Å². The summed E-state index contributed by atoms with van der Waals surface area (Å²) in [6.07, 6.45) is 3.01. The summed E-state index contributed by atoms with van der Waals surface area (Å²) >= 11 is 0. The summed E-state index contributed by atoms with van der Waals surface area (Å²) < 4.78 is 10.8. The number of hydrogen-bond acceptors (Lipinski definition) is 2. The van der Waals surface area contributed by atoms with Gasteiger partial charge >= 0.3 is 0 Å². The first-order valence-corrected chi connectivity index (χ1v) is 9.83. The Kier molecular flexibility index (Phi) is 5.39. The van der Waals surface area contributed by atoms with Crippen LogP contribution in [-0.4, -0.2) is 19.2 Å². The van der Waals surface area contributed by atoms with Gasteiger partial charge in [-0.3, -0.25) is 0 Å². The Morgan fingerprint density at radius 3 is 2.10 bits per heavy atom. The third-order valence-electron chi connectivity index (χ3n) is 5.31. The molecule has 0 aliphatic heterocycles. The molecule has 3 nitrogen and oxygen atoms in total. The van der Waals surface area contributed by atoms with Gasteiger partial charge in [0.05, 0.1) is 14.2 Å². The van der Waals surface area contributed by atoms with E-state index >= 15 is 0 Å². The van der Waals surface area contributed by atoms with Crippen molar-refractivity contribution in [2.24, 2.45) is 0 Å². The Balaban J connectivity index is 1.99. The monoisotopic (exact) mass is 383 g/mol. The molecule has 29 heavy (non-hydrogen) atoms. The summed E-state index contributed by atoms with van der Waals surface area (Å²) in [4.78, 5) is 3.42. The van der Waals surface area contributed by atoms with Crippen molar-refractivity contribution in [2.75, 3.05) is 14.2 Å². The Labute approximate surface area is 171 Å². The molecule has 1 heterocycles. The highest BCUT2D eigenvalue weighted by atomic mass is 16.5. The average Bonchev–Trinajstić information content (AvgIpc) is 3.21. The summed E-state index contributed by atoms with van der Waals surface area (Å²) in [6.45, 7) is 2.21. The van der Waals surface area contributed by atoms with Crippen LogP contribution in [0.25, 0.3) is 22.0 Å². The van der Waals surface area contributed by atoms with E-state index in [9.17, 15) is 0 Å². The number of methoxy groups -OCH3 is 2. The van der Waals surface area contributed by atoms with Gasteiger partial charge in [-0.1, -0.05) is 49.4 Å². The molecule has 0 bridgehead atoms. The number of aromatic nitrogens is 1. The molecule has 0 spiro atoms. The van der Waals surface area contributed by atoms with E-state index in [0.29, 0.717) is 0 Å². The van der Waals surface area contributed by atoms with E-state index in [4.69, 9.17) is 9.47 Å². The van der Waals surface area contributed by atoms with E-state index in [-0.39, 0.29) is 0 Å². The molecule has 0 saturated carbocycles. The van der Waals surface area contributed by atoms with Gasteiger partial charge in [-0.15, -0.1) is 0 Å². The second kappa shape index (κ2) is 8.27. The molecule has 0 unspecified atom stereocenters. The van der Waals surface area contributed by atoms with Crippen LogP contribution in [0.5, 0.6) is 11.5 Å². The predicted octanol–water partition coefficient (Wildman–Crippen LogP) is 6.55. The van der Waals surface area contributed by atoms with Gasteiger partial charge in [-0.05, 0) is 59.0 Å². The zero-order valence-electron chi connectivity index (χ0n) is 17.0. The first-order chi connectivity index (χ1) is 14.2. The van der Waals surface area contributed by atoms with Crippen molar-refractivity contribution >= 4 is 22.0 Å². The van der Waals surface area contributed by atoms with Crippen LogP contribution in [-0.2, 0) is 0 Å². The maximum absolute atomic E-state index is 5.47. The van der Waals surface area contributed by atoms with Crippen LogP contribution in [0.1, 0.15) is 30.0 Å². The lowest BCUT2D eigenvalue weighted by molar-refractivity contribution is 0.415. The Bertz CT molecular complexity index is 1140. The zero-order chi connectivity index (χ0) is 20.2. The van der Waals surface area contributed by atoms with Crippen LogP contribution in [0.15, 0.2) is 79.0 Å². The van der Waals surface area contributed by atoms with Gasteiger partial charge in [0, 0.05) is 22.7 Å². The van der Waals surface area contributed by atoms with E-state index in [1.54, 1.807) is 14.2 Å². The summed E-state index contributed by atoms with van der Waals surface area (Å²) in [5.41, 5.74) is 7.21. The number of fused-ring (bicyclic) bond motifs is 1. The van der Waals surface area contributed by atoms with Crippen molar-refractivity contribution in [3.05, 3.63) is 95.7 Å². The van der Waals surface area contributed by atoms with Crippen LogP contribution in [0, 0.1) is 0 Å². The van der Waals surface area contributed by atoms with E-state index in [1.165, 1.54) is 33.2 Å². The molecule has 3 aromatic carbocycles. The minimum atomic E-state index is 0.857. The number of benzene rings is 3. The smallest absolute Gasteiger partial charge is 0.119 e. The number of hydrogen-bond donors (Lipinski definition) is 1. The molecule has 3 heteroatoms. The highest BCUT2D eigenvalue weighted by Gasteiger charge is 2.16. The maximum Gasteiger partial charge on any atom is 0.119 e. The Morgan fingerprint density at radius 1 is 0.793 bits per heavy atom. The molecule has 146 valence electrons. The second-order valence-corrected chi connectivity index (χ2v) is 6.92. The Hall–Kier alpha value is -3.46. The first-order valence-electron chi connectivity index (χ1n) is 9.83. The lowest BCUT2D eigenvalue weighted by Gasteiger charge is -2.16. The molecule has 1 N–H and O–H groups in total. The van der Waals surface area contributed by atoms with E-state index in [1.807, 2.05) is 18.2 Å². The van der Waals surface area contributed by atoms with Gasteiger partial charge in [-0.25, -0.2) is 0 Å². The highest BCUT2D eigenvalue weighted by molar-refractivity contribution is 6.05. The number of ether oxygens (including phenoxy) is 2. The molecule has 0 saturated heterocycles. The van der Waals surface area contributed by atoms with Crippen LogP contribution in [0.4, 0.5) is 0 Å². The standard InChI is InChI=1S/C26H25NO2/c1-4-22(24-17-27-25-15-14-21(29-3)16-23(24)25)26(18-8-6-5-7-9-18)19-10-12-20(28-2)13-11-19/h5-17,27H,4H2,1-3H3/b26-22+. The molecular formula is C26H25NO2. The average molecular weight is 383 g/mol. The fraction of sp³-hybridized carbons (Fsp3) is 0.154.